The normalized spacial score (nSPS) is 12.2. The summed E-state index contributed by atoms with van der Waals surface area (Å²) in [6.07, 6.45) is 0.451. The second-order valence-corrected chi connectivity index (χ2v) is 7.83. The molecule has 0 unspecified atom stereocenters. The van der Waals surface area contributed by atoms with E-state index in [1.165, 1.54) is 5.56 Å². The van der Waals surface area contributed by atoms with Crippen LogP contribution in [-0.2, 0) is 14.9 Å². The van der Waals surface area contributed by atoms with Crippen LogP contribution in [0.2, 0.25) is 0 Å². The number of rotatable bonds is 8. The molecule has 150 valence electrons. The summed E-state index contributed by atoms with van der Waals surface area (Å²) in [5.74, 6) is 0.437. The zero-order valence-corrected chi connectivity index (χ0v) is 17.5. The second kappa shape index (κ2) is 9.45. The Morgan fingerprint density at radius 2 is 1.68 bits per heavy atom. The number of hydrogen-bond donors (Lipinski definition) is 1. The van der Waals surface area contributed by atoms with Gasteiger partial charge in [0.15, 0.2) is 0 Å². The number of hydrogen-bond acceptors (Lipinski definition) is 4. The van der Waals surface area contributed by atoms with Crippen molar-refractivity contribution >= 4 is 11.7 Å². The van der Waals surface area contributed by atoms with Crippen molar-refractivity contribution in [1.82, 2.24) is 0 Å². The average molecular weight is 382 g/mol. The zero-order chi connectivity index (χ0) is 20.7. The molecule has 0 aliphatic carbocycles. The van der Waals surface area contributed by atoms with Gasteiger partial charge in [-0.3, -0.25) is 0 Å². The first kappa shape index (κ1) is 21.5. The van der Waals surface area contributed by atoms with E-state index in [1.807, 2.05) is 24.3 Å². The fourth-order valence-corrected chi connectivity index (χ4v) is 2.92. The Balaban J connectivity index is 2.24. The third-order valence-corrected chi connectivity index (χ3v) is 4.62. The van der Waals surface area contributed by atoms with E-state index in [0.29, 0.717) is 18.6 Å². The van der Waals surface area contributed by atoms with Crippen LogP contribution in [-0.4, -0.2) is 19.7 Å². The highest BCUT2D eigenvalue weighted by Crippen LogP contribution is 2.29. The molecule has 4 nitrogen and oxygen atoms in total. The van der Waals surface area contributed by atoms with Crippen LogP contribution in [0.5, 0.6) is 5.75 Å². The summed E-state index contributed by atoms with van der Waals surface area (Å²) in [5.41, 5.74) is 3.86. The molecule has 0 aliphatic rings. The molecule has 0 radical (unpaired) electrons. The highest BCUT2D eigenvalue weighted by atomic mass is 16.5. The Kier molecular flexibility index (Phi) is 7.27. The molecule has 0 amide bonds. The first-order chi connectivity index (χ1) is 13.2. The lowest BCUT2D eigenvalue weighted by Gasteiger charge is -2.23. The van der Waals surface area contributed by atoms with Crippen LogP contribution >= 0.6 is 0 Å². The van der Waals surface area contributed by atoms with Crippen molar-refractivity contribution in [2.75, 3.05) is 19.0 Å². The van der Waals surface area contributed by atoms with Gasteiger partial charge in [0.25, 0.3) is 0 Å². The minimum atomic E-state index is -0.356. The molecule has 28 heavy (non-hydrogen) atoms. The molecule has 0 bridgehead atoms. The highest BCUT2D eigenvalue weighted by Gasteiger charge is 2.19. The number of esters is 1. The van der Waals surface area contributed by atoms with Gasteiger partial charge in [-0.1, -0.05) is 51.6 Å². The Labute approximate surface area is 168 Å². The Morgan fingerprint density at radius 1 is 1.07 bits per heavy atom. The van der Waals surface area contributed by atoms with Crippen molar-refractivity contribution in [2.45, 2.75) is 45.6 Å². The van der Waals surface area contributed by atoms with Crippen LogP contribution in [0.4, 0.5) is 5.69 Å². The summed E-state index contributed by atoms with van der Waals surface area (Å²) < 4.78 is 10.3. The predicted octanol–water partition coefficient (Wildman–Crippen LogP) is 5.66. The lowest BCUT2D eigenvalue weighted by molar-refractivity contribution is -0.138. The Morgan fingerprint density at radius 3 is 2.18 bits per heavy atom. The second-order valence-electron chi connectivity index (χ2n) is 7.83. The molecule has 0 aromatic heterocycles. The minimum Gasteiger partial charge on any atom is -0.497 e. The summed E-state index contributed by atoms with van der Waals surface area (Å²) >= 11 is 0. The van der Waals surface area contributed by atoms with Crippen molar-refractivity contribution in [3.63, 3.8) is 0 Å². The van der Waals surface area contributed by atoms with E-state index in [0.717, 1.165) is 17.0 Å². The molecular formula is C24H31NO3. The maximum atomic E-state index is 12.0. The molecule has 4 heteroatoms. The quantitative estimate of drug-likeness (QED) is 0.474. The van der Waals surface area contributed by atoms with Crippen LogP contribution in [0.1, 0.15) is 51.3 Å². The summed E-state index contributed by atoms with van der Waals surface area (Å²) in [6.45, 7) is 12.6. The minimum absolute atomic E-state index is 0.103. The van der Waals surface area contributed by atoms with Crippen LogP contribution < -0.4 is 10.1 Å². The number of anilines is 1. The van der Waals surface area contributed by atoms with E-state index in [4.69, 9.17) is 9.47 Å². The third-order valence-electron chi connectivity index (χ3n) is 4.62. The van der Waals surface area contributed by atoms with E-state index in [2.05, 4.69) is 56.9 Å². The Hall–Kier alpha value is -2.75. The molecule has 1 atom stereocenters. The standard InChI is InChI=1S/C24H31NO3/c1-7-28-23(26)17(2)16-22(18-8-14-21(27-6)15-9-18)25-20-12-10-19(11-13-20)24(3,4)5/h8-15,22,25H,2,7,16H2,1,3-6H3/t22-/m0/s1. The lowest BCUT2D eigenvalue weighted by Crippen LogP contribution is -2.16. The van der Waals surface area contributed by atoms with Gasteiger partial charge in [0.2, 0.25) is 0 Å². The van der Waals surface area contributed by atoms with Crippen molar-refractivity contribution in [2.24, 2.45) is 0 Å². The molecule has 0 aliphatic heterocycles. The number of carbonyl (C=O) groups is 1. The molecule has 1 N–H and O–H groups in total. The van der Waals surface area contributed by atoms with Gasteiger partial charge in [0.05, 0.1) is 19.8 Å². The maximum absolute atomic E-state index is 12.0. The van der Waals surface area contributed by atoms with Crippen molar-refractivity contribution in [3.8, 4) is 5.75 Å². The van der Waals surface area contributed by atoms with Crippen LogP contribution in [0, 0.1) is 0 Å². The van der Waals surface area contributed by atoms with Gasteiger partial charge in [0.1, 0.15) is 5.75 Å². The van der Waals surface area contributed by atoms with E-state index in [-0.39, 0.29) is 17.4 Å². The maximum Gasteiger partial charge on any atom is 0.333 e. The monoisotopic (exact) mass is 381 g/mol. The van der Waals surface area contributed by atoms with Crippen molar-refractivity contribution < 1.29 is 14.3 Å². The number of carbonyl (C=O) groups excluding carboxylic acids is 1. The van der Waals surface area contributed by atoms with Crippen molar-refractivity contribution in [1.29, 1.82) is 0 Å². The molecule has 0 saturated heterocycles. The third kappa shape index (κ3) is 5.88. The van der Waals surface area contributed by atoms with E-state index in [9.17, 15) is 4.79 Å². The SMILES string of the molecule is C=C(C[C@H](Nc1ccc(C(C)(C)C)cc1)c1ccc(OC)cc1)C(=O)OCC. The largest absolute Gasteiger partial charge is 0.497 e. The Bertz CT molecular complexity index is 786. The van der Waals surface area contributed by atoms with Gasteiger partial charge >= 0.3 is 5.97 Å². The van der Waals surface area contributed by atoms with Gasteiger partial charge < -0.3 is 14.8 Å². The molecule has 0 heterocycles. The molecule has 2 rings (SSSR count). The molecule has 0 spiro atoms. The van der Waals surface area contributed by atoms with E-state index >= 15 is 0 Å². The van der Waals surface area contributed by atoms with Gasteiger partial charge in [-0.2, -0.15) is 0 Å². The fraction of sp³-hybridized carbons (Fsp3) is 0.375. The van der Waals surface area contributed by atoms with Gasteiger partial charge in [-0.05, 0) is 47.7 Å². The summed E-state index contributed by atoms with van der Waals surface area (Å²) in [5, 5.41) is 3.53. The first-order valence-corrected chi connectivity index (χ1v) is 9.60. The van der Waals surface area contributed by atoms with Gasteiger partial charge in [-0.15, -0.1) is 0 Å². The summed E-state index contributed by atoms with van der Waals surface area (Å²) in [4.78, 5) is 12.0. The molecule has 2 aromatic rings. The lowest BCUT2D eigenvalue weighted by atomic mass is 9.87. The van der Waals surface area contributed by atoms with Crippen LogP contribution in [0.15, 0.2) is 60.7 Å². The highest BCUT2D eigenvalue weighted by molar-refractivity contribution is 5.87. The first-order valence-electron chi connectivity index (χ1n) is 9.60. The summed E-state index contributed by atoms with van der Waals surface area (Å²) in [7, 11) is 1.64. The zero-order valence-electron chi connectivity index (χ0n) is 17.5. The molecule has 0 saturated carbocycles. The molecule has 0 fully saturated rings. The smallest absolute Gasteiger partial charge is 0.333 e. The van der Waals surface area contributed by atoms with E-state index in [1.54, 1.807) is 14.0 Å². The van der Waals surface area contributed by atoms with Gasteiger partial charge in [-0.25, -0.2) is 4.79 Å². The van der Waals surface area contributed by atoms with Crippen LogP contribution in [0.3, 0.4) is 0 Å². The van der Waals surface area contributed by atoms with Crippen LogP contribution in [0.25, 0.3) is 0 Å². The topological polar surface area (TPSA) is 47.6 Å². The number of nitrogens with one attached hydrogen (secondary N) is 1. The van der Waals surface area contributed by atoms with Crippen molar-refractivity contribution in [3.05, 3.63) is 71.8 Å². The fourth-order valence-electron chi connectivity index (χ4n) is 2.92. The predicted molar refractivity (Wildman–Crippen MR) is 115 cm³/mol. The number of methoxy groups -OCH3 is 1. The number of ether oxygens (including phenoxy) is 2. The average Bonchev–Trinajstić information content (AvgIpc) is 2.67. The molecular weight excluding hydrogens is 350 g/mol. The number of benzene rings is 2. The van der Waals surface area contributed by atoms with Gasteiger partial charge in [0, 0.05) is 17.7 Å². The molecule has 2 aromatic carbocycles. The summed E-state index contributed by atoms with van der Waals surface area (Å²) in [6, 6.07) is 16.1. The van der Waals surface area contributed by atoms with E-state index < -0.39 is 0 Å².